The van der Waals surface area contributed by atoms with E-state index in [9.17, 15) is 9.90 Å². The van der Waals surface area contributed by atoms with Crippen LogP contribution in [0.15, 0.2) is 60.7 Å². The van der Waals surface area contributed by atoms with Crippen LogP contribution in [0.4, 0.5) is 0 Å². The van der Waals surface area contributed by atoms with Crippen LogP contribution in [-0.2, 0) is 0 Å². The molecule has 1 heterocycles. The van der Waals surface area contributed by atoms with Crippen LogP contribution in [0, 0.1) is 0 Å². The van der Waals surface area contributed by atoms with Gasteiger partial charge in [0.05, 0.1) is 6.10 Å². The van der Waals surface area contributed by atoms with Gasteiger partial charge in [0.1, 0.15) is 0 Å². The fourth-order valence-corrected chi connectivity index (χ4v) is 3.24. The summed E-state index contributed by atoms with van der Waals surface area (Å²) >= 11 is 0. The largest absolute Gasteiger partial charge is 0.388 e. The number of ketones is 1. The molecule has 3 rings (SSSR count). The zero-order valence-electron chi connectivity index (χ0n) is 18.4. The monoisotopic (exact) mass is 341 g/mol. The quantitative estimate of drug-likeness (QED) is 0.799. The first-order chi connectivity index (χ1) is 13.7. The molecule has 1 aliphatic heterocycles. The fourth-order valence-electron chi connectivity index (χ4n) is 3.24. The van der Waals surface area contributed by atoms with E-state index in [1.54, 1.807) is 72.6 Å². The predicted molar refractivity (Wildman–Crippen MR) is 101 cm³/mol. The lowest BCUT2D eigenvalue weighted by molar-refractivity contribution is 0.0549. The SMILES string of the molecule is [2H]C([2H])(C(=O)c1ccccc1)[C@H]1CCC[C@@H](C([2H])([2H])C(O)c2ccccc2)N1C. The third kappa shape index (κ3) is 4.56. The van der Waals surface area contributed by atoms with Crippen molar-refractivity contribution in [1.29, 1.82) is 0 Å². The van der Waals surface area contributed by atoms with Gasteiger partial charge in [-0.05, 0) is 31.8 Å². The standard InChI is InChI=1S/C22H27NO2/c1-23-19(15-21(24)17-9-4-2-5-10-17)13-8-14-20(23)16-22(25)18-11-6-3-7-12-18/h2-7,9-12,19-21,24H,8,13-16H2,1H3/t19-,20+,21?/m0/s1/i15D2,16D2. The molecule has 25 heavy (non-hydrogen) atoms. The average Bonchev–Trinajstić information content (AvgIpc) is 2.73. The van der Waals surface area contributed by atoms with E-state index in [2.05, 4.69) is 0 Å². The Hall–Kier alpha value is -1.97. The third-order valence-corrected chi connectivity index (χ3v) is 4.74. The summed E-state index contributed by atoms with van der Waals surface area (Å²) in [5.74, 6) is -0.597. The van der Waals surface area contributed by atoms with Gasteiger partial charge in [-0.25, -0.2) is 0 Å². The summed E-state index contributed by atoms with van der Waals surface area (Å²) in [7, 11) is 1.65. The summed E-state index contributed by atoms with van der Waals surface area (Å²) < 4.78 is 34.4. The van der Waals surface area contributed by atoms with Crippen molar-refractivity contribution in [3.8, 4) is 0 Å². The molecule has 1 saturated heterocycles. The second-order valence-electron chi connectivity index (χ2n) is 6.45. The number of aliphatic hydroxyl groups is 1. The molecule has 0 saturated carbocycles. The van der Waals surface area contributed by atoms with Gasteiger partial charge < -0.3 is 5.11 Å². The van der Waals surface area contributed by atoms with E-state index >= 15 is 0 Å². The number of piperidine rings is 1. The Bertz CT molecular complexity index is 829. The second-order valence-corrected chi connectivity index (χ2v) is 6.45. The molecule has 2 aromatic rings. The van der Waals surface area contributed by atoms with Gasteiger partial charge in [-0.1, -0.05) is 67.1 Å². The summed E-state index contributed by atoms with van der Waals surface area (Å²) in [5, 5.41) is 10.7. The summed E-state index contributed by atoms with van der Waals surface area (Å²) in [6, 6.07) is 15.5. The smallest absolute Gasteiger partial charge is 0.164 e. The Morgan fingerprint density at radius 3 is 2.40 bits per heavy atom. The first kappa shape index (κ1) is 13.3. The van der Waals surface area contributed by atoms with Crippen molar-refractivity contribution in [2.45, 2.75) is 50.2 Å². The van der Waals surface area contributed by atoms with Crippen LogP contribution in [-0.4, -0.2) is 34.9 Å². The summed E-state index contributed by atoms with van der Waals surface area (Å²) in [6.07, 6.45) is -3.98. The van der Waals surface area contributed by atoms with Gasteiger partial charge in [-0.3, -0.25) is 9.69 Å². The highest BCUT2D eigenvalue weighted by Crippen LogP contribution is 2.30. The molecule has 3 nitrogen and oxygen atoms in total. The number of likely N-dealkylation sites (tertiary alicyclic amines) is 1. The molecule has 0 aromatic heterocycles. The number of Topliss-reactive ketones (excluding diaryl/α,β-unsaturated/α-hetero) is 1. The lowest BCUT2D eigenvalue weighted by atomic mass is 9.88. The van der Waals surface area contributed by atoms with Crippen LogP contribution in [0.2, 0.25) is 0 Å². The number of hydrogen-bond acceptors (Lipinski definition) is 3. The maximum absolute atomic E-state index is 12.9. The van der Waals surface area contributed by atoms with Crippen LogP contribution >= 0.6 is 0 Å². The topological polar surface area (TPSA) is 40.5 Å². The van der Waals surface area contributed by atoms with Gasteiger partial charge in [0.2, 0.25) is 0 Å². The Morgan fingerprint density at radius 2 is 1.72 bits per heavy atom. The molecule has 0 radical (unpaired) electrons. The molecule has 3 heteroatoms. The summed E-state index contributed by atoms with van der Waals surface area (Å²) in [4.78, 5) is 14.5. The van der Waals surface area contributed by atoms with Crippen LogP contribution < -0.4 is 0 Å². The number of aliphatic hydroxyl groups excluding tert-OH is 1. The van der Waals surface area contributed by atoms with E-state index in [-0.39, 0.29) is 0 Å². The maximum Gasteiger partial charge on any atom is 0.164 e. The van der Waals surface area contributed by atoms with Gasteiger partial charge in [0.15, 0.2) is 5.78 Å². The first-order valence-electron chi connectivity index (χ1n) is 10.7. The van der Waals surface area contributed by atoms with Gasteiger partial charge in [0, 0.05) is 29.5 Å². The zero-order chi connectivity index (χ0) is 21.2. The molecule has 3 atom stereocenters. The van der Waals surface area contributed by atoms with Crippen molar-refractivity contribution in [2.24, 2.45) is 0 Å². The van der Waals surface area contributed by atoms with E-state index in [0.29, 0.717) is 30.4 Å². The lowest BCUT2D eigenvalue weighted by Gasteiger charge is -2.40. The van der Waals surface area contributed by atoms with Crippen LogP contribution in [0.3, 0.4) is 0 Å². The van der Waals surface area contributed by atoms with Crippen molar-refractivity contribution in [1.82, 2.24) is 4.90 Å². The average molecular weight is 341 g/mol. The van der Waals surface area contributed by atoms with Crippen molar-refractivity contribution in [2.75, 3.05) is 7.05 Å². The number of rotatable bonds is 6. The zero-order valence-corrected chi connectivity index (χ0v) is 14.4. The molecule has 1 N–H and O–H groups in total. The molecule has 2 aromatic carbocycles. The highest BCUT2D eigenvalue weighted by Gasteiger charge is 2.30. The first-order valence-corrected chi connectivity index (χ1v) is 8.72. The second kappa shape index (κ2) is 8.41. The van der Waals surface area contributed by atoms with E-state index in [0.717, 1.165) is 0 Å². The number of nitrogens with zero attached hydrogens (tertiary/aromatic N) is 1. The molecule has 132 valence electrons. The maximum atomic E-state index is 12.9. The summed E-state index contributed by atoms with van der Waals surface area (Å²) in [6.45, 7) is 0. The van der Waals surface area contributed by atoms with Crippen LogP contribution in [0.5, 0.6) is 0 Å². The molecule has 1 aliphatic rings. The number of hydrogen-bond donors (Lipinski definition) is 1. The summed E-state index contributed by atoms with van der Waals surface area (Å²) in [5.41, 5.74) is 0.789. The van der Waals surface area contributed by atoms with Crippen molar-refractivity contribution < 1.29 is 15.4 Å². The molecule has 0 spiro atoms. The normalized spacial score (nSPS) is 26.0. The Labute approximate surface area is 155 Å². The predicted octanol–water partition coefficient (Wildman–Crippen LogP) is 4.24. The highest BCUT2D eigenvalue weighted by molar-refractivity contribution is 5.96. The molecule has 0 aliphatic carbocycles. The molecule has 1 unspecified atom stereocenters. The Morgan fingerprint density at radius 1 is 1.12 bits per heavy atom. The number of carbonyl (C=O) groups is 1. The van der Waals surface area contributed by atoms with E-state index in [1.165, 1.54) is 0 Å². The Balaban J connectivity index is 1.85. The Kier molecular flexibility index (Phi) is 4.46. The van der Waals surface area contributed by atoms with Crippen molar-refractivity contribution in [3.63, 3.8) is 0 Å². The fraction of sp³-hybridized carbons (Fsp3) is 0.409. The lowest BCUT2D eigenvalue weighted by Crippen LogP contribution is -2.45. The molecule has 1 fully saturated rings. The van der Waals surface area contributed by atoms with E-state index in [4.69, 9.17) is 5.48 Å². The third-order valence-electron chi connectivity index (χ3n) is 4.74. The van der Waals surface area contributed by atoms with Gasteiger partial charge >= 0.3 is 0 Å². The highest BCUT2D eigenvalue weighted by atomic mass is 16.3. The van der Waals surface area contributed by atoms with Crippen LogP contribution in [0.1, 0.15) is 59.5 Å². The van der Waals surface area contributed by atoms with Crippen molar-refractivity contribution >= 4 is 5.78 Å². The molecule has 0 bridgehead atoms. The van der Waals surface area contributed by atoms with Gasteiger partial charge in [-0.2, -0.15) is 0 Å². The minimum Gasteiger partial charge on any atom is -0.388 e. The van der Waals surface area contributed by atoms with Crippen molar-refractivity contribution in [3.05, 3.63) is 71.8 Å². The number of carbonyl (C=O) groups excluding carboxylic acids is 1. The molecular weight excluding hydrogens is 310 g/mol. The minimum absolute atomic E-state index is 0.306. The van der Waals surface area contributed by atoms with Gasteiger partial charge in [0.25, 0.3) is 0 Å². The molecule has 0 amide bonds. The van der Waals surface area contributed by atoms with E-state index < -0.39 is 36.7 Å². The molecular formula is C22H27NO2. The van der Waals surface area contributed by atoms with E-state index in [1.807, 2.05) is 0 Å². The number of benzene rings is 2. The minimum atomic E-state index is -2.16. The van der Waals surface area contributed by atoms with Gasteiger partial charge in [-0.15, -0.1) is 0 Å². The van der Waals surface area contributed by atoms with Crippen LogP contribution in [0.25, 0.3) is 0 Å².